The number of hydrogen-bond donors (Lipinski definition) is 0. The van der Waals surface area contributed by atoms with Gasteiger partial charge in [-0.15, -0.1) is 11.3 Å². The predicted octanol–water partition coefficient (Wildman–Crippen LogP) is 4.50. The van der Waals surface area contributed by atoms with Crippen molar-refractivity contribution in [1.29, 1.82) is 0 Å². The Bertz CT molecular complexity index is 1120. The first-order valence-electron chi connectivity index (χ1n) is 8.94. The average molecular weight is 406 g/mol. The molecular formula is C22H18N2O4S. The van der Waals surface area contributed by atoms with Crippen molar-refractivity contribution in [3.63, 3.8) is 0 Å². The van der Waals surface area contributed by atoms with E-state index < -0.39 is 0 Å². The van der Waals surface area contributed by atoms with E-state index in [0.717, 1.165) is 0 Å². The van der Waals surface area contributed by atoms with Crippen molar-refractivity contribution in [3.8, 4) is 11.5 Å². The van der Waals surface area contributed by atoms with E-state index in [2.05, 4.69) is 4.98 Å². The summed E-state index contributed by atoms with van der Waals surface area (Å²) in [7, 11) is 1.58. The summed E-state index contributed by atoms with van der Waals surface area (Å²) in [4.78, 5) is 31.1. The molecule has 1 amide bonds. The summed E-state index contributed by atoms with van der Waals surface area (Å²) in [5, 5.41) is 2.33. The van der Waals surface area contributed by atoms with E-state index >= 15 is 0 Å². The lowest BCUT2D eigenvalue weighted by Crippen LogP contribution is -2.22. The molecule has 3 aromatic rings. The van der Waals surface area contributed by atoms with Gasteiger partial charge in [0.1, 0.15) is 18.1 Å². The molecule has 1 aromatic heterocycles. The van der Waals surface area contributed by atoms with Gasteiger partial charge in [0.2, 0.25) is 5.91 Å². The second kappa shape index (κ2) is 7.89. The number of Topliss-reactive ketones (excluding diaryl/α,β-unsaturated/α-hetero) is 1. The SMILES string of the molecule is COc1cccc(N(C(C)=O)c2nc(C=C3COc4ccccc4C3=O)cs2)c1. The normalized spacial score (nSPS) is 14.3. The van der Waals surface area contributed by atoms with Crippen LogP contribution in [0.15, 0.2) is 59.5 Å². The van der Waals surface area contributed by atoms with Crippen LogP contribution in [0.1, 0.15) is 23.0 Å². The van der Waals surface area contributed by atoms with E-state index in [0.29, 0.717) is 39.1 Å². The lowest BCUT2D eigenvalue weighted by Gasteiger charge is -2.19. The number of fused-ring (bicyclic) bond motifs is 1. The number of aromatic nitrogens is 1. The smallest absolute Gasteiger partial charge is 0.230 e. The van der Waals surface area contributed by atoms with Gasteiger partial charge in [-0.25, -0.2) is 4.98 Å². The first-order chi connectivity index (χ1) is 14.1. The van der Waals surface area contributed by atoms with E-state index in [1.54, 1.807) is 31.4 Å². The molecule has 4 rings (SSSR count). The highest BCUT2D eigenvalue weighted by Gasteiger charge is 2.24. The molecule has 1 aliphatic heterocycles. The van der Waals surface area contributed by atoms with Gasteiger partial charge in [-0.3, -0.25) is 14.5 Å². The molecule has 0 N–H and O–H groups in total. The summed E-state index contributed by atoms with van der Waals surface area (Å²) >= 11 is 1.33. The van der Waals surface area contributed by atoms with Gasteiger partial charge in [0.25, 0.3) is 0 Å². The third kappa shape index (κ3) is 3.77. The third-order valence-corrected chi connectivity index (χ3v) is 5.30. The molecule has 0 saturated heterocycles. The minimum Gasteiger partial charge on any atom is -0.497 e. The van der Waals surface area contributed by atoms with Crippen LogP contribution in [0.4, 0.5) is 10.8 Å². The highest BCUT2D eigenvalue weighted by atomic mass is 32.1. The molecule has 146 valence electrons. The fourth-order valence-corrected chi connectivity index (χ4v) is 3.93. The van der Waals surface area contributed by atoms with Crippen LogP contribution in [0.3, 0.4) is 0 Å². The molecule has 0 aliphatic carbocycles. The first-order valence-corrected chi connectivity index (χ1v) is 9.82. The number of thiazole rings is 1. The minimum atomic E-state index is -0.169. The zero-order chi connectivity index (χ0) is 20.4. The molecule has 7 heteroatoms. The Kier molecular flexibility index (Phi) is 5.14. The van der Waals surface area contributed by atoms with Crippen molar-refractivity contribution < 1.29 is 19.1 Å². The molecule has 29 heavy (non-hydrogen) atoms. The molecule has 0 spiro atoms. The molecular weight excluding hydrogens is 388 g/mol. The number of methoxy groups -OCH3 is 1. The molecule has 0 saturated carbocycles. The van der Waals surface area contributed by atoms with E-state index in [-0.39, 0.29) is 18.3 Å². The molecule has 1 aliphatic rings. The van der Waals surface area contributed by atoms with Gasteiger partial charge < -0.3 is 9.47 Å². The molecule has 0 radical (unpaired) electrons. The zero-order valence-electron chi connectivity index (χ0n) is 15.9. The number of ether oxygens (including phenoxy) is 2. The second-order valence-electron chi connectivity index (χ2n) is 6.39. The van der Waals surface area contributed by atoms with Crippen LogP contribution in [0.25, 0.3) is 6.08 Å². The number of carbonyl (C=O) groups is 2. The topological polar surface area (TPSA) is 68.7 Å². The van der Waals surface area contributed by atoms with Crippen molar-refractivity contribution in [3.05, 3.63) is 70.7 Å². The molecule has 6 nitrogen and oxygen atoms in total. The number of carbonyl (C=O) groups excluding carboxylic acids is 2. The van der Waals surface area contributed by atoms with E-state index in [1.807, 2.05) is 35.7 Å². The Labute approximate surface area is 172 Å². The van der Waals surface area contributed by atoms with Crippen LogP contribution in [0.5, 0.6) is 11.5 Å². The second-order valence-corrected chi connectivity index (χ2v) is 7.23. The molecule has 0 unspecified atom stereocenters. The van der Waals surface area contributed by atoms with Gasteiger partial charge in [-0.1, -0.05) is 18.2 Å². The van der Waals surface area contributed by atoms with Crippen LogP contribution >= 0.6 is 11.3 Å². The number of amides is 1. The quantitative estimate of drug-likeness (QED) is 0.597. The number of para-hydroxylation sites is 1. The van der Waals surface area contributed by atoms with Gasteiger partial charge >= 0.3 is 0 Å². The Morgan fingerprint density at radius 2 is 2.07 bits per heavy atom. The number of anilines is 2. The third-order valence-electron chi connectivity index (χ3n) is 4.46. The Morgan fingerprint density at radius 1 is 1.24 bits per heavy atom. The lowest BCUT2D eigenvalue weighted by atomic mass is 10.00. The fraction of sp³-hybridized carbons (Fsp3) is 0.136. The number of ketones is 1. The van der Waals surface area contributed by atoms with E-state index in [4.69, 9.17) is 9.47 Å². The zero-order valence-corrected chi connectivity index (χ0v) is 16.7. The van der Waals surface area contributed by atoms with Crippen molar-refractivity contribution in [2.24, 2.45) is 0 Å². The molecule has 0 bridgehead atoms. The largest absolute Gasteiger partial charge is 0.497 e. The van der Waals surface area contributed by atoms with Gasteiger partial charge in [-0.2, -0.15) is 0 Å². The van der Waals surface area contributed by atoms with Gasteiger partial charge in [-0.05, 0) is 30.3 Å². The van der Waals surface area contributed by atoms with Crippen molar-refractivity contribution >= 4 is 39.9 Å². The predicted molar refractivity (Wildman–Crippen MR) is 112 cm³/mol. The maximum atomic E-state index is 12.7. The molecule has 2 heterocycles. The summed E-state index contributed by atoms with van der Waals surface area (Å²) < 4.78 is 10.9. The van der Waals surface area contributed by atoms with Crippen LogP contribution in [-0.2, 0) is 4.79 Å². The van der Waals surface area contributed by atoms with E-state index in [1.165, 1.54) is 23.2 Å². The van der Waals surface area contributed by atoms with Crippen LogP contribution in [0.2, 0.25) is 0 Å². The first kappa shape index (κ1) is 18.9. The average Bonchev–Trinajstić information content (AvgIpc) is 3.18. The minimum absolute atomic E-state index is 0.0716. The van der Waals surface area contributed by atoms with Crippen LogP contribution < -0.4 is 14.4 Å². The summed E-state index contributed by atoms with van der Waals surface area (Å²) in [5.41, 5.74) is 2.33. The summed E-state index contributed by atoms with van der Waals surface area (Å²) in [6, 6.07) is 14.4. The van der Waals surface area contributed by atoms with E-state index in [9.17, 15) is 9.59 Å². The number of rotatable bonds is 4. The Balaban J connectivity index is 1.64. The van der Waals surface area contributed by atoms with Gasteiger partial charge in [0.05, 0.1) is 24.1 Å². The summed E-state index contributed by atoms with van der Waals surface area (Å²) in [6.07, 6.45) is 1.71. The maximum Gasteiger partial charge on any atom is 0.230 e. The summed E-state index contributed by atoms with van der Waals surface area (Å²) in [5.74, 6) is 1.00. The summed E-state index contributed by atoms with van der Waals surface area (Å²) in [6.45, 7) is 1.67. The Morgan fingerprint density at radius 3 is 2.86 bits per heavy atom. The number of benzene rings is 2. The standard InChI is InChI=1S/C22H18N2O4S/c1-14(25)24(17-6-5-7-18(11-17)27-2)22-23-16(13-29-22)10-15-12-28-20-9-4-3-8-19(20)21(15)26/h3-11,13H,12H2,1-2H3. The Hall–Kier alpha value is -3.45. The van der Waals surface area contributed by atoms with Crippen LogP contribution in [-0.4, -0.2) is 30.4 Å². The monoisotopic (exact) mass is 406 g/mol. The van der Waals surface area contributed by atoms with Gasteiger partial charge in [0.15, 0.2) is 10.9 Å². The lowest BCUT2D eigenvalue weighted by molar-refractivity contribution is -0.115. The van der Waals surface area contributed by atoms with Crippen molar-refractivity contribution in [2.45, 2.75) is 6.92 Å². The molecule has 0 atom stereocenters. The highest BCUT2D eigenvalue weighted by Crippen LogP contribution is 2.32. The van der Waals surface area contributed by atoms with Crippen molar-refractivity contribution in [2.75, 3.05) is 18.6 Å². The number of nitrogens with zero attached hydrogens (tertiary/aromatic N) is 2. The molecule has 2 aromatic carbocycles. The van der Waals surface area contributed by atoms with Crippen molar-refractivity contribution in [1.82, 2.24) is 4.98 Å². The number of hydrogen-bond acceptors (Lipinski definition) is 6. The fourth-order valence-electron chi connectivity index (χ4n) is 3.08. The highest BCUT2D eigenvalue weighted by molar-refractivity contribution is 7.14. The van der Waals surface area contributed by atoms with Gasteiger partial charge in [0, 0.05) is 23.9 Å². The van der Waals surface area contributed by atoms with Crippen LogP contribution in [0, 0.1) is 0 Å². The maximum absolute atomic E-state index is 12.7. The molecule has 0 fully saturated rings.